The molecule has 0 atom stereocenters. The molecule has 6 heteroatoms. The lowest BCUT2D eigenvalue weighted by molar-refractivity contribution is -0.118. The number of benzene rings is 2. The van der Waals surface area contributed by atoms with Crippen molar-refractivity contribution in [1.82, 2.24) is 5.32 Å². The zero-order chi connectivity index (χ0) is 17.7. The molecule has 4 nitrogen and oxygen atoms in total. The van der Waals surface area contributed by atoms with E-state index in [1.165, 1.54) is 0 Å². The molecule has 0 aliphatic carbocycles. The van der Waals surface area contributed by atoms with Gasteiger partial charge in [0.25, 0.3) is 5.91 Å². The predicted octanol–water partition coefficient (Wildman–Crippen LogP) is 3.49. The molecule has 0 aliphatic rings. The summed E-state index contributed by atoms with van der Waals surface area (Å²) in [5.41, 5.74) is 1.24. The number of carbonyl (C=O) groups is 2. The smallest absolute Gasteiger partial charge is 0.254 e. The maximum absolute atomic E-state index is 13.5. The maximum atomic E-state index is 13.5. The normalized spacial score (nSPS) is 10.5. The van der Waals surface area contributed by atoms with Gasteiger partial charge in [0.2, 0.25) is 5.91 Å². The third-order valence-electron chi connectivity index (χ3n) is 3.37. The van der Waals surface area contributed by atoms with E-state index in [0.717, 1.165) is 17.7 Å². The van der Waals surface area contributed by atoms with Crippen molar-refractivity contribution < 1.29 is 18.4 Å². The molecule has 0 saturated carbocycles. The Hall–Kier alpha value is -2.76. The second-order valence-corrected chi connectivity index (χ2v) is 5.65. The van der Waals surface area contributed by atoms with E-state index in [9.17, 15) is 18.4 Å². The summed E-state index contributed by atoms with van der Waals surface area (Å²) in [6, 6.07) is 9.74. The third-order valence-corrected chi connectivity index (χ3v) is 3.37. The van der Waals surface area contributed by atoms with Crippen molar-refractivity contribution in [3.05, 3.63) is 65.2 Å². The summed E-state index contributed by atoms with van der Waals surface area (Å²) in [4.78, 5) is 23.5. The van der Waals surface area contributed by atoms with Gasteiger partial charge < -0.3 is 10.6 Å². The number of hydrogen-bond acceptors (Lipinski definition) is 2. The maximum Gasteiger partial charge on any atom is 0.254 e. The largest absolute Gasteiger partial charge is 0.348 e. The topological polar surface area (TPSA) is 58.2 Å². The van der Waals surface area contributed by atoms with Gasteiger partial charge in [0, 0.05) is 24.2 Å². The van der Waals surface area contributed by atoms with Crippen molar-refractivity contribution >= 4 is 17.5 Å². The Bertz CT molecular complexity index is 743. The number of rotatable bonds is 5. The summed E-state index contributed by atoms with van der Waals surface area (Å²) in [5, 5.41) is 5.33. The van der Waals surface area contributed by atoms with Crippen LogP contribution >= 0.6 is 0 Å². The summed E-state index contributed by atoms with van der Waals surface area (Å²) < 4.78 is 26.4. The van der Waals surface area contributed by atoms with E-state index in [-0.39, 0.29) is 23.9 Å². The summed E-state index contributed by atoms with van der Waals surface area (Å²) in [7, 11) is 0. The van der Waals surface area contributed by atoms with Gasteiger partial charge in [-0.15, -0.1) is 0 Å². The van der Waals surface area contributed by atoms with Crippen molar-refractivity contribution in [1.29, 1.82) is 0 Å². The fourth-order valence-corrected chi connectivity index (χ4v) is 1.94. The van der Waals surface area contributed by atoms with Gasteiger partial charge >= 0.3 is 0 Å². The van der Waals surface area contributed by atoms with Gasteiger partial charge in [0.05, 0.1) is 5.56 Å². The number of carbonyl (C=O) groups excluding carboxylic acids is 2. The zero-order valence-electron chi connectivity index (χ0n) is 13.4. The quantitative estimate of drug-likeness (QED) is 0.880. The minimum absolute atomic E-state index is 0.0807. The van der Waals surface area contributed by atoms with E-state index in [4.69, 9.17) is 0 Å². The van der Waals surface area contributed by atoms with Crippen LogP contribution in [0.1, 0.15) is 29.8 Å². The molecule has 0 heterocycles. The van der Waals surface area contributed by atoms with E-state index in [0.29, 0.717) is 11.8 Å². The first kappa shape index (κ1) is 17.6. The van der Waals surface area contributed by atoms with Crippen LogP contribution in [0, 0.1) is 17.6 Å². The monoisotopic (exact) mass is 332 g/mol. The van der Waals surface area contributed by atoms with Crippen molar-refractivity contribution in [3.63, 3.8) is 0 Å². The SMILES string of the molecule is CC(C)C(=O)Nc1ccc(CNC(=O)c2ccc(F)cc2F)cc1. The van der Waals surface area contributed by atoms with Crippen molar-refractivity contribution in [2.45, 2.75) is 20.4 Å². The zero-order valence-corrected chi connectivity index (χ0v) is 13.4. The molecule has 126 valence electrons. The number of amides is 2. The number of anilines is 1. The molecule has 0 saturated heterocycles. The molecule has 0 aliphatic heterocycles. The Morgan fingerprint density at radius 1 is 1.04 bits per heavy atom. The molecular formula is C18H18F2N2O2. The number of hydrogen-bond donors (Lipinski definition) is 2. The van der Waals surface area contributed by atoms with Gasteiger partial charge in [-0.25, -0.2) is 8.78 Å². The molecule has 2 aromatic carbocycles. The molecule has 2 rings (SSSR count). The van der Waals surface area contributed by atoms with Gasteiger partial charge in [-0.2, -0.15) is 0 Å². The average Bonchev–Trinajstić information content (AvgIpc) is 2.53. The summed E-state index contributed by atoms with van der Waals surface area (Å²) in [6.45, 7) is 3.79. The molecule has 2 amide bonds. The van der Waals surface area contributed by atoms with Gasteiger partial charge in [-0.1, -0.05) is 26.0 Å². The Morgan fingerprint density at radius 3 is 2.29 bits per heavy atom. The van der Waals surface area contributed by atoms with E-state index in [1.54, 1.807) is 38.1 Å². The highest BCUT2D eigenvalue weighted by Crippen LogP contribution is 2.12. The van der Waals surface area contributed by atoms with Crippen molar-refractivity contribution in [3.8, 4) is 0 Å². The van der Waals surface area contributed by atoms with Crippen LogP contribution in [0.2, 0.25) is 0 Å². The van der Waals surface area contributed by atoms with Gasteiger partial charge in [-0.05, 0) is 29.8 Å². The third kappa shape index (κ3) is 4.62. The molecular weight excluding hydrogens is 314 g/mol. The Balaban J connectivity index is 1.94. The first-order valence-corrected chi connectivity index (χ1v) is 7.50. The van der Waals surface area contributed by atoms with E-state index < -0.39 is 17.5 Å². The fourth-order valence-electron chi connectivity index (χ4n) is 1.94. The highest BCUT2D eigenvalue weighted by Gasteiger charge is 2.12. The van der Waals surface area contributed by atoms with Gasteiger partial charge in [0.15, 0.2) is 0 Å². The Kier molecular flexibility index (Phi) is 5.63. The van der Waals surface area contributed by atoms with Gasteiger partial charge in [-0.3, -0.25) is 9.59 Å². The van der Waals surface area contributed by atoms with Crippen LogP contribution < -0.4 is 10.6 Å². The lowest BCUT2D eigenvalue weighted by atomic mass is 10.1. The number of nitrogens with one attached hydrogen (secondary N) is 2. The molecule has 0 fully saturated rings. The highest BCUT2D eigenvalue weighted by atomic mass is 19.1. The lowest BCUT2D eigenvalue weighted by Gasteiger charge is -2.09. The van der Waals surface area contributed by atoms with E-state index in [2.05, 4.69) is 10.6 Å². The van der Waals surface area contributed by atoms with Crippen LogP contribution in [0.25, 0.3) is 0 Å². The Morgan fingerprint density at radius 2 is 1.71 bits per heavy atom. The van der Waals surface area contributed by atoms with Crippen LogP contribution in [0.4, 0.5) is 14.5 Å². The average molecular weight is 332 g/mol. The molecule has 24 heavy (non-hydrogen) atoms. The van der Waals surface area contributed by atoms with E-state index >= 15 is 0 Å². The summed E-state index contributed by atoms with van der Waals surface area (Å²) in [5.74, 6) is -2.45. The lowest BCUT2D eigenvalue weighted by Crippen LogP contribution is -2.24. The first-order chi connectivity index (χ1) is 11.4. The van der Waals surface area contributed by atoms with Crippen LogP contribution in [0.3, 0.4) is 0 Å². The highest BCUT2D eigenvalue weighted by molar-refractivity contribution is 5.94. The number of halogens is 2. The molecule has 0 aromatic heterocycles. The molecule has 0 unspecified atom stereocenters. The molecule has 0 bridgehead atoms. The minimum Gasteiger partial charge on any atom is -0.348 e. The fraction of sp³-hybridized carbons (Fsp3) is 0.222. The summed E-state index contributed by atoms with van der Waals surface area (Å²) in [6.07, 6.45) is 0. The standard InChI is InChI=1S/C18H18F2N2O2/c1-11(2)17(23)22-14-6-3-12(4-7-14)10-21-18(24)15-8-5-13(19)9-16(15)20/h3-9,11H,10H2,1-2H3,(H,21,24)(H,22,23). The summed E-state index contributed by atoms with van der Waals surface area (Å²) >= 11 is 0. The van der Waals surface area contributed by atoms with Crippen LogP contribution in [-0.2, 0) is 11.3 Å². The first-order valence-electron chi connectivity index (χ1n) is 7.50. The van der Waals surface area contributed by atoms with Crippen LogP contribution in [0.5, 0.6) is 0 Å². The predicted molar refractivity (Wildman–Crippen MR) is 87.4 cm³/mol. The Labute approximate surface area is 138 Å². The van der Waals surface area contributed by atoms with Crippen molar-refractivity contribution in [2.75, 3.05) is 5.32 Å². The van der Waals surface area contributed by atoms with E-state index in [1.807, 2.05) is 0 Å². The molecule has 0 radical (unpaired) electrons. The second kappa shape index (κ2) is 7.68. The second-order valence-electron chi connectivity index (χ2n) is 5.65. The van der Waals surface area contributed by atoms with Gasteiger partial charge in [0.1, 0.15) is 11.6 Å². The molecule has 0 spiro atoms. The minimum atomic E-state index is -0.903. The van der Waals surface area contributed by atoms with Crippen LogP contribution in [0.15, 0.2) is 42.5 Å². The van der Waals surface area contributed by atoms with Crippen molar-refractivity contribution in [2.24, 2.45) is 5.92 Å². The van der Waals surface area contributed by atoms with Crippen LogP contribution in [-0.4, -0.2) is 11.8 Å². The molecule has 2 N–H and O–H groups in total. The molecule has 2 aromatic rings.